The molecule has 3 aromatic rings. The average molecular weight is 474 g/mol. The van der Waals surface area contributed by atoms with Crippen LogP contribution >= 0.6 is 15.9 Å². The summed E-state index contributed by atoms with van der Waals surface area (Å²) in [6.45, 7) is -0.258. The van der Waals surface area contributed by atoms with Crippen molar-refractivity contribution in [2.75, 3.05) is 13.7 Å². The summed E-state index contributed by atoms with van der Waals surface area (Å²) in [5.74, 6) is 1.25. The second-order valence-corrected chi connectivity index (χ2v) is 6.80. The average Bonchev–Trinajstić information content (AvgIpc) is 3.21. The number of ether oxygens (including phenoxy) is 2. The van der Waals surface area contributed by atoms with Crippen LogP contribution in [-0.2, 0) is 4.79 Å². The third-order valence-electron chi connectivity index (χ3n) is 3.83. The molecule has 10 heteroatoms. The highest BCUT2D eigenvalue weighted by molar-refractivity contribution is 9.10. The van der Waals surface area contributed by atoms with Gasteiger partial charge in [0.25, 0.3) is 11.6 Å². The minimum atomic E-state index is -0.476. The third-order valence-corrected chi connectivity index (χ3v) is 4.33. The summed E-state index contributed by atoms with van der Waals surface area (Å²) in [6, 6.07) is 14.5. The Morgan fingerprint density at radius 2 is 2.07 bits per heavy atom. The number of methoxy groups -OCH3 is 1. The number of carbonyl (C=O) groups is 1. The Morgan fingerprint density at radius 1 is 1.23 bits per heavy atom. The number of nitrogens with one attached hydrogen (secondary N) is 1. The van der Waals surface area contributed by atoms with E-state index in [-0.39, 0.29) is 12.3 Å². The molecule has 0 saturated heterocycles. The zero-order valence-electron chi connectivity index (χ0n) is 15.7. The minimum Gasteiger partial charge on any atom is -0.493 e. The topological polar surface area (TPSA) is 116 Å². The number of amides is 1. The predicted octanol–water partition coefficient (Wildman–Crippen LogP) is 4.16. The van der Waals surface area contributed by atoms with Crippen LogP contribution in [0.1, 0.15) is 5.76 Å². The van der Waals surface area contributed by atoms with Gasteiger partial charge in [-0.05, 0) is 30.3 Å². The highest BCUT2D eigenvalue weighted by Gasteiger charge is 2.10. The van der Waals surface area contributed by atoms with Crippen LogP contribution in [0, 0.1) is 10.1 Å². The molecule has 30 heavy (non-hydrogen) atoms. The van der Waals surface area contributed by atoms with E-state index in [1.54, 1.807) is 42.5 Å². The van der Waals surface area contributed by atoms with Gasteiger partial charge in [-0.25, -0.2) is 5.43 Å². The zero-order chi connectivity index (χ0) is 21.5. The first kappa shape index (κ1) is 21.1. The number of hydrazone groups is 1. The van der Waals surface area contributed by atoms with Gasteiger partial charge in [0.05, 0.1) is 18.2 Å². The molecule has 0 bridgehead atoms. The maximum absolute atomic E-state index is 11.9. The molecule has 1 aromatic heterocycles. The van der Waals surface area contributed by atoms with E-state index in [1.165, 1.54) is 25.5 Å². The first-order valence-corrected chi connectivity index (χ1v) is 9.38. The smallest absolute Gasteiger partial charge is 0.277 e. The highest BCUT2D eigenvalue weighted by Crippen LogP contribution is 2.30. The molecule has 0 aliphatic heterocycles. The molecular formula is C20H16BrN3O6. The summed E-state index contributed by atoms with van der Waals surface area (Å²) in [4.78, 5) is 22.3. The van der Waals surface area contributed by atoms with E-state index in [9.17, 15) is 14.9 Å². The first-order chi connectivity index (χ1) is 14.5. The Kier molecular flexibility index (Phi) is 6.81. The first-order valence-electron chi connectivity index (χ1n) is 8.59. The Bertz CT molecular complexity index is 1100. The number of rotatable bonds is 8. The fourth-order valence-electron chi connectivity index (χ4n) is 2.45. The molecule has 0 unspecified atom stereocenters. The third kappa shape index (κ3) is 5.45. The van der Waals surface area contributed by atoms with Crippen molar-refractivity contribution >= 4 is 33.7 Å². The Balaban J connectivity index is 1.55. The quantitative estimate of drug-likeness (QED) is 0.298. The van der Waals surface area contributed by atoms with Crippen LogP contribution in [0.4, 0.5) is 5.69 Å². The van der Waals surface area contributed by atoms with Crippen molar-refractivity contribution in [1.29, 1.82) is 0 Å². The number of nitro groups is 1. The lowest BCUT2D eigenvalue weighted by Crippen LogP contribution is -2.24. The van der Waals surface area contributed by atoms with E-state index in [0.29, 0.717) is 28.6 Å². The standard InChI is InChI=1S/C20H16BrN3O6/c1-28-19-10-14(21)5-7-18(19)29-12-20(25)23-22-11-16-6-8-17(30-16)13-3-2-4-15(9-13)24(26)27/h2-11H,12H2,1H3,(H,23,25)/b22-11-. The molecule has 0 fully saturated rings. The summed E-state index contributed by atoms with van der Waals surface area (Å²) in [7, 11) is 1.50. The number of nitrogens with zero attached hydrogens (tertiary/aromatic N) is 2. The van der Waals surface area contributed by atoms with Crippen LogP contribution in [-0.4, -0.2) is 30.8 Å². The van der Waals surface area contributed by atoms with Gasteiger partial charge in [0.1, 0.15) is 11.5 Å². The Labute approximate surface area is 179 Å². The van der Waals surface area contributed by atoms with Crippen LogP contribution in [0.5, 0.6) is 11.5 Å². The van der Waals surface area contributed by atoms with Gasteiger partial charge in [-0.1, -0.05) is 28.1 Å². The molecule has 154 valence electrons. The van der Waals surface area contributed by atoms with Gasteiger partial charge in [-0.15, -0.1) is 0 Å². The lowest BCUT2D eigenvalue weighted by atomic mass is 10.1. The summed E-state index contributed by atoms with van der Waals surface area (Å²) in [5, 5.41) is 14.7. The monoisotopic (exact) mass is 473 g/mol. The SMILES string of the molecule is COc1cc(Br)ccc1OCC(=O)N/N=C\c1ccc(-c2cccc([N+](=O)[O-])c2)o1. The Hall–Kier alpha value is -3.66. The van der Waals surface area contributed by atoms with Gasteiger partial charge in [0.15, 0.2) is 18.1 Å². The van der Waals surface area contributed by atoms with Gasteiger partial charge in [-0.3, -0.25) is 14.9 Å². The normalized spacial score (nSPS) is 10.7. The van der Waals surface area contributed by atoms with E-state index in [4.69, 9.17) is 13.9 Å². The largest absolute Gasteiger partial charge is 0.493 e. The zero-order valence-corrected chi connectivity index (χ0v) is 17.3. The lowest BCUT2D eigenvalue weighted by molar-refractivity contribution is -0.384. The molecule has 1 amide bonds. The predicted molar refractivity (Wildman–Crippen MR) is 113 cm³/mol. The summed E-state index contributed by atoms with van der Waals surface area (Å²) >= 11 is 3.33. The molecule has 3 rings (SSSR count). The Morgan fingerprint density at radius 3 is 2.83 bits per heavy atom. The molecule has 1 heterocycles. The molecule has 0 saturated carbocycles. The number of non-ortho nitro benzene ring substituents is 1. The van der Waals surface area contributed by atoms with E-state index < -0.39 is 10.8 Å². The van der Waals surface area contributed by atoms with Crippen molar-refractivity contribution in [3.63, 3.8) is 0 Å². The summed E-state index contributed by atoms with van der Waals surface area (Å²) < 4.78 is 17.0. The van der Waals surface area contributed by atoms with Gasteiger partial charge in [0.2, 0.25) is 0 Å². The molecule has 1 N–H and O–H groups in total. The van der Waals surface area contributed by atoms with E-state index >= 15 is 0 Å². The second kappa shape index (κ2) is 9.70. The van der Waals surface area contributed by atoms with E-state index in [2.05, 4.69) is 26.5 Å². The van der Waals surface area contributed by atoms with Crippen LogP contribution in [0.25, 0.3) is 11.3 Å². The number of hydrogen-bond acceptors (Lipinski definition) is 7. The van der Waals surface area contributed by atoms with Gasteiger partial charge in [0, 0.05) is 22.2 Å². The molecule has 2 aromatic carbocycles. The van der Waals surface area contributed by atoms with E-state index in [0.717, 1.165) is 4.47 Å². The maximum Gasteiger partial charge on any atom is 0.277 e. The van der Waals surface area contributed by atoms with Crippen molar-refractivity contribution < 1.29 is 23.6 Å². The summed E-state index contributed by atoms with van der Waals surface area (Å²) in [6.07, 6.45) is 1.32. The highest BCUT2D eigenvalue weighted by atomic mass is 79.9. The number of carbonyl (C=O) groups excluding carboxylic acids is 1. The van der Waals surface area contributed by atoms with Crippen molar-refractivity contribution in [1.82, 2.24) is 5.43 Å². The van der Waals surface area contributed by atoms with Crippen LogP contribution in [0.3, 0.4) is 0 Å². The number of hydrogen-bond donors (Lipinski definition) is 1. The maximum atomic E-state index is 11.9. The molecule has 9 nitrogen and oxygen atoms in total. The summed E-state index contributed by atoms with van der Waals surface area (Å²) in [5.41, 5.74) is 2.86. The minimum absolute atomic E-state index is 0.0335. The number of furan rings is 1. The number of halogens is 1. The van der Waals surface area contributed by atoms with Crippen LogP contribution in [0.15, 0.2) is 68.6 Å². The molecular weight excluding hydrogens is 458 g/mol. The molecule has 0 atom stereocenters. The molecule has 0 aliphatic carbocycles. The van der Waals surface area contributed by atoms with Gasteiger partial charge < -0.3 is 13.9 Å². The molecule has 0 spiro atoms. The number of nitro benzene ring substituents is 1. The van der Waals surface area contributed by atoms with Crippen molar-refractivity contribution in [3.05, 3.63) is 74.9 Å². The fraction of sp³-hybridized carbons (Fsp3) is 0.100. The van der Waals surface area contributed by atoms with Crippen molar-refractivity contribution in [2.45, 2.75) is 0 Å². The van der Waals surface area contributed by atoms with Crippen LogP contribution < -0.4 is 14.9 Å². The van der Waals surface area contributed by atoms with E-state index in [1.807, 2.05) is 0 Å². The lowest BCUT2D eigenvalue weighted by Gasteiger charge is -2.09. The van der Waals surface area contributed by atoms with Crippen molar-refractivity contribution in [2.24, 2.45) is 5.10 Å². The van der Waals surface area contributed by atoms with Gasteiger partial charge in [-0.2, -0.15) is 5.10 Å². The fourth-order valence-corrected chi connectivity index (χ4v) is 2.79. The second-order valence-electron chi connectivity index (χ2n) is 5.89. The molecule has 0 aliphatic rings. The van der Waals surface area contributed by atoms with Crippen molar-refractivity contribution in [3.8, 4) is 22.8 Å². The number of benzene rings is 2. The van der Waals surface area contributed by atoms with Gasteiger partial charge >= 0.3 is 0 Å². The van der Waals surface area contributed by atoms with Crippen LogP contribution in [0.2, 0.25) is 0 Å². The molecule has 0 radical (unpaired) electrons.